The Kier molecular flexibility index (Phi) is 5.21. The monoisotopic (exact) mass is 196 g/mol. The third-order valence-corrected chi connectivity index (χ3v) is 1.44. The highest BCUT2D eigenvalue weighted by Gasteiger charge is 2.16. The minimum Gasteiger partial charge on any atom is -0.457 e. The summed E-state index contributed by atoms with van der Waals surface area (Å²) < 4.78 is 5.19. The van der Waals surface area contributed by atoms with Gasteiger partial charge in [0, 0.05) is 5.57 Å². The van der Waals surface area contributed by atoms with E-state index in [1.165, 1.54) is 0 Å². The van der Waals surface area contributed by atoms with Crippen molar-refractivity contribution in [3.63, 3.8) is 0 Å². The lowest BCUT2D eigenvalue weighted by atomic mass is 10.2. The first-order valence-electron chi connectivity index (χ1n) is 4.93. The Morgan fingerprint density at radius 2 is 1.93 bits per heavy atom. The van der Waals surface area contributed by atoms with Crippen molar-refractivity contribution >= 4 is 5.97 Å². The summed E-state index contributed by atoms with van der Waals surface area (Å²) in [5, 5.41) is 0. The lowest BCUT2D eigenvalue weighted by Crippen LogP contribution is -2.24. The van der Waals surface area contributed by atoms with Gasteiger partial charge in [0.1, 0.15) is 5.60 Å². The summed E-state index contributed by atoms with van der Waals surface area (Å²) in [6.07, 6.45) is 6.61. The van der Waals surface area contributed by atoms with Gasteiger partial charge in [0.15, 0.2) is 0 Å². The maximum atomic E-state index is 11.4. The van der Waals surface area contributed by atoms with Crippen LogP contribution in [0.25, 0.3) is 0 Å². The number of carbonyl (C=O) groups excluding carboxylic acids is 1. The minimum atomic E-state index is -0.416. The van der Waals surface area contributed by atoms with Gasteiger partial charge in [-0.25, -0.2) is 4.79 Å². The molecule has 0 fully saturated rings. The topological polar surface area (TPSA) is 26.3 Å². The zero-order chi connectivity index (χ0) is 11.2. The number of rotatable bonds is 3. The SMILES string of the molecule is CC/C=C\C=C(/C)C(=O)OC(C)(C)C. The normalized spacial score (nSPS) is 13.4. The first-order valence-corrected chi connectivity index (χ1v) is 4.93. The molecule has 0 radical (unpaired) electrons. The molecule has 2 nitrogen and oxygen atoms in total. The molecule has 0 spiro atoms. The highest BCUT2D eigenvalue weighted by molar-refractivity contribution is 5.88. The summed E-state index contributed by atoms with van der Waals surface area (Å²) in [4.78, 5) is 11.4. The highest BCUT2D eigenvalue weighted by Crippen LogP contribution is 2.10. The van der Waals surface area contributed by atoms with Crippen LogP contribution in [0.1, 0.15) is 41.0 Å². The molecule has 0 saturated heterocycles. The maximum Gasteiger partial charge on any atom is 0.334 e. The van der Waals surface area contributed by atoms with Gasteiger partial charge in [0.2, 0.25) is 0 Å². The Labute approximate surface area is 86.6 Å². The Bertz CT molecular complexity index is 242. The largest absolute Gasteiger partial charge is 0.457 e. The van der Waals surface area contributed by atoms with Gasteiger partial charge in [-0.3, -0.25) is 0 Å². The molecular formula is C12H20O2. The molecule has 0 aromatic carbocycles. The summed E-state index contributed by atoms with van der Waals surface area (Å²) in [5.41, 5.74) is 0.213. The summed E-state index contributed by atoms with van der Waals surface area (Å²) in [7, 11) is 0. The fraction of sp³-hybridized carbons (Fsp3) is 0.583. The third-order valence-electron chi connectivity index (χ3n) is 1.44. The van der Waals surface area contributed by atoms with Crippen LogP contribution in [0.5, 0.6) is 0 Å². The Hall–Kier alpha value is -1.05. The molecule has 0 saturated carbocycles. The third kappa shape index (κ3) is 6.46. The standard InChI is InChI=1S/C12H20O2/c1-6-7-8-9-10(2)11(13)14-12(3,4)5/h7-9H,6H2,1-5H3/b8-7-,10-9+. The number of esters is 1. The van der Waals surface area contributed by atoms with Crippen LogP contribution in [0.3, 0.4) is 0 Å². The van der Waals surface area contributed by atoms with Gasteiger partial charge in [-0.2, -0.15) is 0 Å². The van der Waals surface area contributed by atoms with Crippen molar-refractivity contribution in [3.8, 4) is 0 Å². The Balaban J connectivity index is 4.26. The van der Waals surface area contributed by atoms with E-state index in [0.29, 0.717) is 5.57 Å². The summed E-state index contributed by atoms with van der Waals surface area (Å²) >= 11 is 0. The van der Waals surface area contributed by atoms with Gasteiger partial charge in [0.25, 0.3) is 0 Å². The lowest BCUT2D eigenvalue weighted by Gasteiger charge is -2.19. The van der Waals surface area contributed by atoms with Gasteiger partial charge in [-0.1, -0.05) is 25.2 Å². The summed E-state index contributed by atoms with van der Waals surface area (Å²) in [6.45, 7) is 9.39. The number of allylic oxidation sites excluding steroid dienone is 3. The molecule has 0 rings (SSSR count). The van der Waals surface area contributed by atoms with Crippen LogP contribution in [-0.4, -0.2) is 11.6 Å². The van der Waals surface area contributed by atoms with Crippen molar-refractivity contribution in [1.82, 2.24) is 0 Å². The van der Waals surface area contributed by atoms with Gasteiger partial charge < -0.3 is 4.74 Å². The molecule has 0 amide bonds. The molecular weight excluding hydrogens is 176 g/mol. The zero-order valence-corrected chi connectivity index (χ0v) is 9.76. The van der Waals surface area contributed by atoms with E-state index in [-0.39, 0.29) is 5.97 Å². The van der Waals surface area contributed by atoms with E-state index >= 15 is 0 Å². The molecule has 0 aliphatic carbocycles. The molecule has 0 heterocycles. The van der Waals surface area contributed by atoms with Gasteiger partial charge in [-0.05, 0) is 34.1 Å². The van der Waals surface area contributed by atoms with Crippen molar-refractivity contribution in [1.29, 1.82) is 0 Å². The van der Waals surface area contributed by atoms with Crippen molar-refractivity contribution in [2.24, 2.45) is 0 Å². The second-order valence-corrected chi connectivity index (χ2v) is 4.19. The van der Waals surface area contributed by atoms with E-state index in [4.69, 9.17) is 4.74 Å². The zero-order valence-electron chi connectivity index (χ0n) is 9.76. The smallest absolute Gasteiger partial charge is 0.334 e. The fourth-order valence-corrected chi connectivity index (χ4v) is 0.775. The Morgan fingerprint density at radius 1 is 1.36 bits per heavy atom. The van der Waals surface area contributed by atoms with Crippen LogP contribution < -0.4 is 0 Å². The number of carbonyl (C=O) groups is 1. The molecule has 0 aromatic rings. The van der Waals surface area contributed by atoms with Crippen LogP contribution >= 0.6 is 0 Å². The summed E-state index contributed by atoms with van der Waals surface area (Å²) in [6, 6.07) is 0. The van der Waals surface area contributed by atoms with Gasteiger partial charge in [0.05, 0.1) is 0 Å². The van der Waals surface area contributed by atoms with E-state index in [1.54, 1.807) is 13.0 Å². The van der Waals surface area contributed by atoms with Crippen LogP contribution in [0.4, 0.5) is 0 Å². The van der Waals surface area contributed by atoms with Crippen LogP contribution in [-0.2, 0) is 9.53 Å². The maximum absolute atomic E-state index is 11.4. The quantitative estimate of drug-likeness (QED) is 0.393. The molecule has 0 aliphatic heterocycles. The summed E-state index contributed by atoms with van der Waals surface area (Å²) in [5.74, 6) is -0.252. The lowest BCUT2D eigenvalue weighted by molar-refractivity contribution is -0.149. The van der Waals surface area contributed by atoms with E-state index in [2.05, 4.69) is 0 Å². The van der Waals surface area contributed by atoms with Crippen LogP contribution in [0.15, 0.2) is 23.8 Å². The molecule has 0 aliphatic rings. The highest BCUT2D eigenvalue weighted by atomic mass is 16.6. The second-order valence-electron chi connectivity index (χ2n) is 4.19. The molecule has 0 bridgehead atoms. The molecule has 0 unspecified atom stereocenters. The van der Waals surface area contributed by atoms with Crippen LogP contribution in [0.2, 0.25) is 0 Å². The first-order chi connectivity index (χ1) is 6.37. The minimum absolute atomic E-state index is 0.252. The van der Waals surface area contributed by atoms with E-state index in [0.717, 1.165) is 6.42 Å². The van der Waals surface area contributed by atoms with E-state index < -0.39 is 5.60 Å². The van der Waals surface area contributed by atoms with Gasteiger partial charge >= 0.3 is 5.97 Å². The molecule has 0 aromatic heterocycles. The van der Waals surface area contributed by atoms with Gasteiger partial charge in [-0.15, -0.1) is 0 Å². The molecule has 80 valence electrons. The number of ether oxygens (including phenoxy) is 1. The van der Waals surface area contributed by atoms with E-state index in [1.807, 2.05) is 39.8 Å². The number of hydrogen-bond donors (Lipinski definition) is 0. The first kappa shape index (κ1) is 12.9. The van der Waals surface area contributed by atoms with Crippen molar-refractivity contribution < 1.29 is 9.53 Å². The predicted molar refractivity (Wildman–Crippen MR) is 59.0 cm³/mol. The molecule has 14 heavy (non-hydrogen) atoms. The molecule has 0 N–H and O–H groups in total. The molecule has 0 atom stereocenters. The Morgan fingerprint density at radius 3 is 2.36 bits per heavy atom. The predicted octanol–water partition coefficient (Wildman–Crippen LogP) is 3.24. The van der Waals surface area contributed by atoms with Crippen molar-refractivity contribution in [2.75, 3.05) is 0 Å². The number of hydrogen-bond acceptors (Lipinski definition) is 2. The fourth-order valence-electron chi connectivity index (χ4n) is 0.775. The van der Waals surface area contributed by atoms with Crippen LogP contribution in [0, 0.1) is 0 Å². The van der Waals surface area contributed by atoms with Crippen molar-refractivity contribution in [2.45, 2.75) is 46.6 Å². The molecule has 2 heteroatoms. The average molecular weight is 196 g/mol. The van der Waals surface area contributed by atoms with Crippen molar-refractivity contribution in [3.05, 3.63) is 23.8 Å². The average Bonchev–Trinajstić information content (AvgIpc) is 2.01. The van der Waals surface area contributed by atoms with E-state index in [9.17, 15) is 4.79 Å². The second kappa shape index (κ2) is 5.63.